The summed E-state index contributed by atoms with van der Waals surface area (Å²) < 4.78 is 1.99. The normalized spacial score (nSPS) is 17.3. The van der Waals surface area contributed by atoms with Gasteiger partial charge in [0, 0.05) is 42.7 Å². The topological polar surface area (TPSA) is 51.0 Å². The minimum atomic E-state index is 0.108. The Kier molecular flexibility index (Phi) is 4.52. The van der Waals surface area contributed by atoms with Crippen LogP contribution in [0.1, 0.15) is 40.6 Å². The number of hydrogen-bond acceptors (Lipinski definition) is 3. The molecule has 3 heterocycles. The summed E-state index contributed by atoms with van der Waals surface area (Å²) in [6, 6.07) is 15.6. The number of aromatic nitrogens is 3. The van der Waals surface area contributed by atoms with E-state index >= 15 is 0 Å². The Morgan fingerprint density at radius 1 is 1.12 bits per heavy atom. The summed E-state index contributed by atoms with van der Waals surface area (Å²) in [6.45, 7) is 3.49. The second-order valence-electron chi connectivity index (χ2n) is 6.72. The van der Waals surface area contributed by atoms with Crippen molar-refractivity contribution in [3.05, 3.63) is 78.0 Å². The fourth-order valence-corrected chi connectivity index (χ4v) is 3.59. The number of carbonyl (C=O) groups excluding carboxylic acids is 1. The number of nitrogens with zero attached hydrogens (tertiary/aromatic N) is 4. The van der Waals surface area contributed by atoms with Gasteiger partial charge in [0.25, 0.3) is 5.91 Å². The average Bonchev–Trinajstić information content (AvgIpc) is 3.14. The Bertz CT molecular complexity index is 903. The van der Waals surface area contributed by atoms with E-state index in [1.807, 2.05) is 65.1 Å². The molecule has 1 aromatic carbocycles. The molecule has 1 fully saturated rings. The van der Waals surface area contributed by atoms with Crippen LogP contribution in [0.25, 0.3) is 5.82 Å². The largest absolute Gasteiger partial charge is 0.338 e. The Hall–Kier alpha value is -2.95. The first kappa shape index (κ1) is 16.5. The molecule has 5 heteroatoms. The molecule has 4 rings (SSSR count). The van der Waals surface area contributed by atoms with Crippen LogP contribution in [0.3, 0.4) is 0 Å². The van der Waals surface area contributed by atoms with Crippen molar-refractivity contribution in [2.75, 3.05) is 13.1 Å². The van der Waals surface area contributed by atoms with E-state index in [2.05, 4.69) is 11.1 Å². The Morgan fingerprint density at radius 2 is 1.96 bits per heavy atom. The lowest BCUT2D eigenvalue weighted by Gasteiger charge is -2.32. The second-order valence-corrected chi connectivity index (χ2v) is 6.72. The molecule has 0 radical (unpaired) electrons. The van der Waals surface area contributed by atoms with Crippen LogP contribution in [-0.4, -0.2) is 38.4 Å². The number of piperidine rings is 1. The summed E-state index contributed by atoms with van der Waals surface area (Å²) in [4.78, 5) is 23.9. The number of benzene rings is 1. The third kappa shape index (κ3) is 3.25. The number of carbonyl (C=O) groups is 1. The summed E-state index contributed by atoms with van der Waals surface area (Å²) >= 11 is 0. The smallest absolute Gasteiger partial charge is 0.253 e. The van der Waals surface area contributed by atoms with Crippen LogP contribution >= 0.6 is 0 Å². The van der Waals surface area contributed by atoms with Gasteiger partial charge in [-0.3, -0.25) is 9.36 Å². The predicted octanol–water partition coefficient (Wildman–Crippen LogP) is 3.60. The van der Waals surface area contributed by atoms with E-state index in [0.29, 0.717) is 6.54 Å². The van der Waals surface area contributed by atoms with Gasteiger partial charge in [-0.25, -0.2) is 9.97 Å². The molecule has 0 bridgehead atoms. The van der Waals surface area contributed by atoms with Gasteiger partial charge < -0.3 is 4.90 Å². The highest BCUT2D eigenvalue weighted by Crippen LogP contribution is 2.27. The van der Waals surface area contributed by atoms with E-state index in [1.54, 1.807) is 6.20 Å². The summed E-state index contributed by atoms with van der Waals surface area (Å²) in [5, 5.41) is 0. The molecule has 1 saturated heterocycles. The lowest BCUT2D eigenvalue weighted by Crippen LogP contribution is -2.39. The van der Waals surface area contributed by atoms with Crippen LogP contribution < -0.4 is 0 Å². The van der Waals surface area contributed by atoms with Crippen LogP contribution in [0.5, 0.6) is 0 Å². The first-order chi connectivity index (χ1) is 12.7. The highest BCUT2D eigenvalue weighted by Gasteiger charge is 2.26. The number of pyridine rings is 1. The van der Waals surface area contributed by atoms with E-state index in [4.69, 9.17) is 4.98 Å². The highest BCUT2D eigenvalue weighted by molar-refractivity contribution is 5.94. The fraction of sp³-hybridized carbons (Fsp3) is 0.286. The van der Waals surface area contributed by atoms with Crippen LogP contribution in [0, 0.1) is 6.92 Å². The number of aryl methyl sites for hydroxylation is 1. The maximum atomic E-state index is 12.8. The van der Waals surface area contributed by atoms with Crippen molar-refractivity contribution in [3.8, 4) is 5.82 Å². The lowest BCUT2D eigenvalue weighted by molar-refractivity contribution is 0.0706. The van der Waals surface area contributed by atoms with Crippen molar-refractivity contribution in [2.24, 2.45) is 0 Å². The standard InChI is InChI=1S/C21H22N4O/c1-16-22-12-14-25(16)20-11-5-10-19(23-20)18-9-6-13-24(15-18)21(26)17-7-3-2-4-8-17/h2-5,7-8,10-12,14,18H,6,9,13,15H2,1H3/t18-/m1/s1. The molecule has 132 valence electrons. The molecule has 0 aliphatic carbocycles. The van der Waals surface area contributed by atoms with Crippen molar-refractivity contribution in [2.45, 2.75) is 25.7 Å². The quantitative estimate of drug-likeness (QED) is 0.728. The number of rotatable bonds is 3. The zero-order chi connectivity index (χ0) is 17.9. The third-order valence-electron chi connectivity index (χ3n) is 4.98. The summed E-state index contributed by atoms with van der Waals surface area (Å²) in [7, 11) is 0. The zero-order valence-electron chi connectivity index (χ0n) is 14.9. The molecule has 2 aromatic heterocycles. The van der Waals surface area contributed by atoms with Crippen molar-refractivity contribution in [1.29, 1.82) is 0 Å². The Morgan fingerprint density at radius 3 is 2.73 bits per heavy atom. The first-order valence-electron chi connectivity index (χ1n) is 9.04. The maximum absolute atomic E-state index is 12.8. The molecule has 3 aromatic rings. The summed E-state index contributed by atoms with van der Waals surface area (Å²) in [5.74, 6) is 2.17. The summed E-state index contributed by atoms with van der Waals surface area (Å²) in [6.07, 6.45) is 5.76. The van der Waals surface area contributed by atoms with E-state index in [-0.39, 0.29) is 11.8 Å². The molecular weight excluding hydrogens is 324 g/mol. The van der Waals surface area contributed by atoms with Crippen LogP contribution in [0.2, 0.25) is 0 Å². The Balaban J connectivity index is 1.55. The number of likely N-dealkylation sites (tertiary alicyclic amines) is 1. The van der Waals surface area contributed by atoms with Gasteiger partial charge in [0.1, 0.15) is 11.6 Å². The maximum Gasteiger partial charge on any atom is 0.253 e. The molecule has 26 heavy (non-hydrogen) atoms. The average molecular weight is 346 g/mol. The molecule has 1 amide bonds. The van der Waals surface area contributed by atoms with Gasteiger partial charge in [-0.05, 0) is 44.0 Å². The third-order valence-corrected chi connectivity index (χ3v) is 4.98. The van der Waals surface area contributed by atoms with E-state index in [0.717, 1.165) is 42.3 Å². The van der Waals surface area contributed by atoms with Crippen LogP contribution in [-0.2, 0) is 0 Å². The number of imidazole rings is 1. The van der Waals surface area contributed by atoms with E-state index in [9.17, 15) is 4.79 Å². The van der Waals surface area contributed by atoms with Gasteiger partial charge in [-0.2, -0.15) is 0 Å². The molecule has 0 spiro atoms. The zero-order valence-corrected chi connectivity index (χ0v) is 14.9. The Labute approximate surface area is 153 Å². The molecule has 5 nitrogen and oxygen atoms in total. The van der Waals surface area contributed by atoms with E-state index in [1.165, 1.54) is 0 Å². The molecular formula is C21H22N4O. The fourth-order valence-electron chi connectivity index (χ4n) is 3.59. The highest BCUT2D eigenvalue weighted by atomic mass is 16.2. The molecule has 1 atom stereocenters. The molecule has 0 unspecified atom stereocenters. The first-order valence-corrected chi connectivity index (χ1v) is 9.04. The summed E-state index contributed by atoms with van der Waals surface area (Å²) in [5.41, 5.74) is 1.80. The monoisotopic (exact) mass is 346 g/mol. The van der Waals surface area contributed by atoms with Gasteiger partial charge in [-0.1, -0.05) is 24.3 Å². The van der Waals surface area contributed by atoms with Gasteiger partial charge >= 0.3 is 0 Å². The van der Waals surface area contributed by atoms with Crippen LogP contribution in [0.4, 0.5) is 0 Å². The van der Waals surface area contributed by atoms with Crippen LogP contribution in [0.15, 0.2) is 60.9 Å². The molecule has 1 aliphatic heterocycles. The van der Waals surface area contributed by atoms with Crippen molar-refractivity contribution < 1.29 is 4.79 Å². The number of hydrogen-bond donors (Lipinski definition) is 0. The number of amides is 1. The molecule has 1 aliphatic rings. The van der Waals surface area contributed by atoms with Gasteiger partial charge in [-0.15, -0.1) is 0 Å². The molecule has 0 N–H and O–H groups in total. The SMILES string of the molecule is Cc1nccn1-c1cccc([C@@H]2CCCN(C(=O)c3ccccc3)C2)n1. The minimum Gasteiger partial charge on any atom is -0.338 e. The van der Waals surface area contributed by atoms with E-state index < -0.39 is 0 Å². The second kappa shape index (κ2) is 7.12. The van der Waals surface area contributed by atoms with Crippen molar-refractivity contribution in [1.82, 2.24) is 19.4 Å². The van der Waals surface area contributed by atoms with Gasteiger partial charge in [0.2, 0.25) is 0 Å². The van der Waals surface area contributed by atoms with Gasteiger partial charge in [0.15, 0.2) is 0 Å². The van der Waals surface area contributed by atoms with Gasteiger partial charge in [0.05, 0.1) is 0 Å². The van der Waals surface area contributed by atoms with Crippen molar-refractivity contribution in [3.63, 3.8) is 0 Å². The minimum absolute atomic E-state index is 0.108. The molecule has 0 saturated carbocycles. The predicted molar refractivity (Wildman–Crippen MR) is 100 cm³/mol. The lowest BCUT2D eigenvalue weighted by atomic mass is 9.93. The van der Waals surface area contributed by atoms with Crippen molar-refractivity contribution >= 4 is 5.91 Å².